The summed E-state index contributed by atoms with van der Waals surface area (Å²) in [6.45, 7) is 5.84. The molecule has 3 amide bonds. The van der Waals surface area contributed by atoms with E-state index in [0.29, 0.717) is 16.7 Å². The zero-order valence-corrected chi connectivity index (χ0v) is 19.5. The van der Waals surface area contributed by atoms with Gasteiger partial charge in [0.25, 0.3) is 5.91 Å². The van der Waals surface area contributed by atoms with Crippen molar-refractivity contribution in [3.63, 3.8) is 0 Å². The van der Waals surface area contributed by atoms with Gasteiger partial charge in [-0.15, -0.1) is 0 Å². The fraction of sp³-hybridized carbons (Fsp3) is 0.259. The fourth-order valence-electron chi connectivity index (χ4n) is 4.46. The second-order valence-electron chi connectivity index (χ2n) is 8.73. The van der Waals surface area contributed by atoms with E-state index in [2.05, 4.69) is 22.0 Å². The number of imide groups is 1. The lowest BCUT2D eigenvalue weighted by Crippen LogP contribution is -2.41. The van der Waals surface area contributed by atoms with Crippen LogP contribution in [0.15, 0.2) is 60.7 Å². The summed E-state index contributed by atoms with van der Waals surface area (Å²) in [6, 6.07) is 19.8. The molecule has 0 spiro atoms. The monoisotopic (exact) mass is 454 g/mol. The van der Waals surface area contributed by atoms with Gasteiger partial charge < -0.3 is 9.88 Å². The van der Waals surface area contributed by atoms with E-state index in [-0.39, 0.29) is 12.3 Å². The van der Waals surface area contributed by atoms with E-state index in [9.17, 15) is 14.4 Å². The van der Waals surface area contributed by atoms with Crippen LogP contribution < -0.4 is 5.32 Å². The first-order valence-electron chi connectivity index (χ1n) is 11.1. The van der Waals surface area contributed by atoms with Crippen molar-refractivity contribution in [3.8, 4) is 6.07 Å². The molecule has 2 aromatic carbocycles. The normalized spacial score (nSPS) is 17.5. The number of carbonyl (C=O) groups excluding carboxylic acids is 3. The largest absolute Gasteiger partial charge is 0.348 e. The number of benzene rings is 2. The van der Waals surface area contributed by atoms with Crippen LogP contribution in [0.1, 0.15) is 45.4 Å². The van der Waals surface area contributed by atoms with Gasteiger partial charge in [0.2, 0.25) is 0 Å². The topological polar surface area (TPSA) is 95.2 Å². The zero-order chi connectivity index (χ0) is 24.5. The standard InChI is InChI=1S/C27H26N4O3/c1-18-15-23(19(2)30(18)14-13-20-7-5-4-6-8-20)24(32)17-31-25(33)27(3,29-26(31)34)22-11-9-21(16-28)10-12-22/h4-12,15H,13-14,17H2,1-3H3,(H,29,34). The van der Waals surface area contributed by atoms with E-state index in [1.807, 2.05) is 44.2 Å². The van der Waals surface area contributed by atoms with Crippen LogP contribution in [0.25, 0.3) is 0 Å². The minimum atomic E-state index is -1.29. The fourth-order valence-corrected chi connectivity index (χ4v) is 4.46. The second-order valence-corrected chi connectivity index (χ2v) is 8.73. The van der Waals surface area contributed by atoms with Crippen molar-refractivity contribution in [3.05, 3.63) is 94.3 Å². The Balaban J connectivity index is 1.50. The molecule has 7 nitrogen and oxygen atoms in total. The predicted octanol–water partition coefficient (Wildman–Crippen LogP) is 3.87. The van der Waals surface area contributed by atoms with Crippen LogP contribution in [0, 0.1) is 25.2 Å². The highest BCUT2D eigenvalue weighted by molar-refractivity contribution is 6.11. The highest BCUT2D eigenvalue weighted by Gasteiger charge is 2.49. The van der Waals surface area contributed by atoms with Crippen LogP contribution in [0.5, 0.6) is 0 Å². The maximum atomic E-state index is 13.2. The first-order chi connectivity index (χ1) is 16.2. The molecule has 1 saturated heterocycles. The van der Waals surface area contributed by atoms with Crippen LogP contribution >= 0.6 is 0 Å². The first kappa shape index (κ1) is 23.0. The summed E-state index contributed by atoms with van der Waals surface area (Å²) in [7, 11) is 0. The SMILES string of the molecule is Cc1cc(C(=O)CN2C(=O)NC(C)(c3ccc(C#N)cc3)C2=O)c(C)n1CCc1ccccc1. The number of urea groups is 1. The molecular formula is C27H26N4O3. The summed E-state index contributed by atoms with van der Waals surface area (Å²) in [4.78, 5) is 40.0. The molecule has 4 rings (SSSR count). The van der Waals surface area contributed by atoms with Gasteiger partial charge in [0.15, 0.2) is 5.78 Å². The summed E-state index contributed by atoms with van der Waals surface area (Å²) in [6.07, 6.45) is 0.834. The van der Waals surface area contributed by atoms with Crippen LogP contribution in [0.3, 0.4) is 0 Å². The molecular weight excluding hydrogens is 428 g/mol. The van der Waals surface area contributed by atoms with Gasteiger partial charge >= 0.3 is 6.03 Å². The van der Waals surface area contributed by atoms with Crippen molar-refractivity contribution in [2.45, 2.75) is 39.3 Å². The highest BCUT2D eigenvalue weighted by atomic mass is 16.2. The quantitative estimate of drug-likeness (QED) is 0.433. The average molecular weight is 455 g/mol. The van der Waals surface area contributed by atoms with E-state index in [1.165, 1.54) is 5.56 Å². The zero-order valence-electron chi connectivity index (χ0n) is 19.5. The summed E-state index contributed by atoms with van der Waals surface area (Å²) in [5.41, 5.74) is 3.22. The van der Waals surface area contributed by atoms with Gasteiger partial charge in [0.05, 0.1) is 18.2 Å². The smallest absolute Gasteiger partial charge is 0.325 e. The maximum Gasteiger partial charge on any atom is 0.325 e. The molecule has 1 aromatic heterocycles. The summed E-state index contributed by atoms with van der Waals surface area (Å²) >= 11 is 0. The number of aryl methyl sites for hydroxylation is 2. The second kappa shape index (κ2) is 8.99. The Morgan fingerprint density at radius 2 is 1.74 bits per heavy atom. The van der Waals surface area contributed by atoms with E-state index in [0.717, 1.165) is 29.3 Å². The minimum Gasteiger partial charge on any atom is -0.348 e. The van der Waals surface area contributed by atoms with Gasteiger partial charge in [0.1, 0.15) is 5.54 Å². The van der Waals surface area contributed by atoms with Gasteiger partial charge in [-0.25, -0.2) is 4.79 Å². The molecule has 1 N–H and O–H groups in total. The summed E-state index contributed by atoms with van der Waals surface area (Å²) in [5, 5.41) is 11.7. The van der Waals surface area contributed by atoms with Crippen LogP contribution in [-0.2, 0) is 23.3 Å². The van der Waals surface area contributed by atoms with Crippen LogP contribution in [0.2, 0.25) is 0 Å². The van der Waals surface area contributed by atoms with E-state index in [4.69, 9.17) is 5.26 Å². The van der Waals surface area contributed by atoms with Crippen LogP contribution in [-0.4, -0.2) is 33.7 Å². The number of nitrogens with zero attached hydrogens (tertiary/aromatic N) is 3. The molecule has 3 aromatic rings. The number of hydrogen-bond donors (Lipinski definition) is 1. The first-order valence-corrected chi connectivity index (χ1v) is 11.1. The Labute approximate surface area is 198 Å². The lowest BCUT2D eigenvalue weighted by Gasteiger charge is -2.22. The summed E-state index contributed by atoms with van der Waals surface area (Å²) in [5.74, 6) is -0.778. The molecule has 1 aliphatic rings. The van der Waals surface area contributed by atoms with Crippen molar-refractivity contribution in [1.29, 1.82) is 5.26 Å². The molecule has 1 unspecified atom stereocenters. The number of nitriles is 1. The molecule has 34 heavy (non-hydrogen) atoms. The third kappa shape index (κ3) is 4.11. The Bertz CT molecular complexity index is 1300. The number of Topliss-reactive ketones (excluding diaryl/α,β-unsaturated/α-hetero) is 1. The number of ketones is 1. The molecule has 0 bridgehead atoms. The van der Waals surface area contributed by atoms with Gasteiger partial charge in [0, 0.05) is 23.5 Å². The molecule has 172 valence electrons. The maximum absolute atomic E-state index is 13.2. The molecule has 1 aliphatic heterocycles. The Hall–Kier alpha value is -4.18. The van der Waals surface area contributed by atoms with Crippen molar-refractivity contribution in [1.82, 2.24) is 14.8 Å². The van der Waals surface area contributed by atoms with Gasteiger partial charge in [-0.05, 0) is 56.5 Å². The molecule has 7 heteroatoms. The van der Waals surface area contributed by atoms with E-state index in [1.54, 1.807) is 31.2 Å². The molecule has 1 atom stereocenters. The number of aromatic nitrogens is 1. The van der Waals surface area contributed by atoms with Crippen molar-refractivity contribution in [2.75, 3.05) is 6.54 Å². The number of hydrogen-bond acceptors (Lipinski definition) is 4. The summed E-state index contributed by atoms with van der Waals surface area (Å²) < 4.78 is 2.09. The van der Waals surface area contributed by atoms with E-state index < -0.39 is 17.5 Å². The predicted molar refractivity (Wildman–Crippen MR) is 127 cm³/mol. The van der Waals surface area contributed by atoms with Crippen molar-refractivity contribution >= 4 is 17.7 Å². The van der Waals surface area contributed by atoms with Gasteiger partial charge in [-0.1, -0.05) is 42.5 Å². The van der Waals surface area contributed by atoms with Crippen molar-refractivity contribution in [2.24, 2.45) is 0 Å². The lowest BCUT2D eigenvalue weighted by molar-refractivity contribution is -0.130. The molecule has 2 heterocycles. The van der Waals surface area contributed by atoms with Gasteiger partial charge in [-0.3, -0.25) is 14.5 Å². The minimum absolute atomic E-state index is 0.286. The van der Waals surface area contributed by atoms with Crippen LogP contribution in [0.4, 0.5) is 4.79 Å². The Morgan fingerprint density at radius 3 is 2.38 bits per heavy atom. The number of carbonyl (C=O) groups is 3. The van der Waals surface area contributed by atoms with Crippen molar-refractivity contribution < 1.29 is 14.4 Å². The third-order valence-corrected chi connectivity index (χ3v) is 6.51. The highest BCUT2D eigenvalue weighted by Crippen LogP contribution is 2.29. The number of rotatable bonds is 7. The van der Waals surface area contributed by atoms with Gasteiger partial charge in [-0.2, -0.15) is 5.26 Å². The molecule has 0 radical (unpaired) electrons. The lowest BCUT2D eigenvalue weighted by atomic mass is 9.91. The Kier molecular flexibility index (Phi) is 6.08. The molecule has 1 fully saturated rings. The average Bonchev–Trinajstić information content (AvgIpc) is 3.25. The number of amides is 3. The molecule has 0 saturated carbocycles. The third-order valence-electron chi connectivity index (χ3n) is 6.51. The number of nitrogens with one attached hydrogen (secondary N) is 1. The molecule has 0 aliphatic carbocycles. The Morgan fingerprint density at radius 1 is 1.06 bits per heavy atom. The van der Waals surface area contributed by atoms with E-state index >= 15 is 0 Å².